The molecule has 0 aliphatic carbocycles. The summed E-state index contributed by atoms with van der Waals surface area (Å²) >= 11 is 5.25. The Hall–Kier alpha value is -1.94. The summed E-state index contributed by atoms with van der Waals surface area (Å²) in [5.74, 6) is 0. The highest BCUT2D eigenvalue weighted by molar-refractivity contribution is 7.80. The van der Waals surface area contributed by atoms with Crippen LogP contribution in [0.15, 0.2) is 42.7 Å². The maximum atomic E-state index is 5.25. The quantitative estimate of drug-likeness (QED) is 0.807. The molecule has 0 amide bonds. The predicted molar refractivity (Wildman–Crippen MR) is 80.0 cm³/mol. The summed E-state index contributed by atoms with van der Waals surface area (Å²) in [5.41, 5.74) is 4.43. The van der Waals surface area contributed by atoms with E-state index in [-0.39, 0.29) is 0 Å². The summed E-state index contributed by atoms with van der Waals surface area (Å²) in [6.07, 6.45) is 3.45. The number of aromatic nitrogens is 1. The first-order valence-electron chi connectivity index (χ1n) is 5.70. The minimum atomic E-state index is 0.574. The van der Waals surface area contributed by atoms with Crippen LogP contribution in [0.1, 0.15) is 11.1 Å². The van der Waals surface area contributed by atoms with Crippen molar-refractivity contribution in [2.45, 2.75) is 13.8 Å². The van der Waals surface area contributed by atoms with Crippen LogP contribution in [0.2, 0.25) is 0 Å². The van der Waals surface area contributed by atoms with Crippen LogP contribution >= 0.6 is 12.2 Å². The Kier molecular flexibility index (Phi) is 3.89. The number of thiocarbonyl (C=S) groups is 1. The van der Waals surface area contributed by atoms with E-state index in [1.54, 1.807) is 12.4 Å². The van der Waals surface area contributed by atoms with E-state index in [0.29, 0.717) is 5.11 Å². The molecule has 0 saturated heterocycles. The molecule has 0 aliphatic rings. The highest BCUT2D eigenvalue weighted by atomic mass is 32.1. The van der Waals surface area contributed by atoms with Gasteiger partial charge in [0, 0.05) is 23.8 Å². The molecule has 1 aromatic heterocycles. The van der Waals surface area contributed by atoms with Gasteiger partial charge in [0.05, 0.1) is 0 Å². The first kappa shape index (κ1) is 12.5. The Labute approximate surface area is 112 Å². The van der Waals surface area contributed by atoms with Crippen molar-refractivity contribution in [1.82, 2.24) is 4.98 Å². The Morgan fingerprint density at radius 1 is 0.944 bits per heavy atom. The standard InChI is InChI=1S/C14H15N3S/c1-10-3-4-13(9-11(10)2)17-14(18)16-12-5-7-15-8-6-12/h3-9H,1-2H3,(H2,15,16,17,18). The maximum Gasteiger partial charge on any atom is 0.175 e. The Balaban J connectivity index is 2.01. The van der Waals surface area contributed by atoms with Gasteiger partial charge < -0.3 is 10.6 Å². The average molecular weight is 257 g/mol. The van der Waals surface area contributed by atoms with Crippen molar-refractivity contribution in [3.8, 4) is 0 Å². The molecule has 1 aromatic carbocycles. The molecule has 1 heterocycles. The average Bonchev–Trinajstić information content (AvgIpc) is 2.35. The van der Waals surface area contributed by atoms with Gasteiger partial charge >= 0.3 is 0 Å². The third-order valence-electron chi connectivity index (χ3n) is 2.70. The lowest BCUT2D eigenvalue weighted by Crippen LogP contribution is -2.19. The van der Waals surface area contributed by atoms with E-state index >= 15 is 0 Å². The second kappa shape index (κ2) is 5.60. The molecule has 0 saturated carbocycles. The Morgan fingerprint density at radius 3 is 2.28 bits per heavy atom. The van der Waals surface area contributed by atoms with Gasteiger partial charge in [-0.1, -0.05) is 6.07 Å². The predicted octanol–water partition coefficient (Wildman–Crippen LogP) is 3.51. The van der Waals surface area contributed by atoms with Crippen LogP contribution in [0.25, 0.3) is 0 Å². The van der Waals surface area contributed by atoms with E-state index in [2.05, 4.69) is 41.6 Å². The Morgan fingerprint density at radius 2 is 1.61 bits per heavy atom. The summed E-state index contributed by atoms with van der Waals surface area (Å²) in [4.78, 5) is 3.95. The molecule has 0 unspecified atom stereocenters. The molecule has 92 valence electrons. The number of rotatable bonds is 2. The topological polar surface area (TPSA) is 37.0 Å². The summed E-state index contributed by atoms with van der Waals surface area (Å²) in [7, 11) is 0. The molecular weight excluding hydrogens is 242 g/mol. The minimum absolute atomic E-state index is 0.574. The fourth-order valence-corrected chi connectivity index (χ4v) is 1.78. The van der Waals surface area contributed by atoms with Gasteiger partial charge in [0.1, 0.15) is 0 Å². The van der Waals surface area contributed by atoms with E-state index in [1.165, 1.54) is 11.1 Å². The van der Waals surface area contributed by atoms with Crippen LogP contribution in [0.5, 0.6) is 0 Å². The van der Waals surface area contributed by atoms with Crippen molar-refractivity contribution in [1.29, 1.82) is 0 Å². The molecule has 0 spiro atoms. The normalized spacial score (nSPS) is 9.89. The van der Waals surface area contributed by atoms with Gasteiger partial charge in [-0.15, -0.1) is 0 Å². The molecule has 4 heteroatoms. The van der Waals surface area contributed by atoms with Crippen molar-refractivity contribution in [3.63, 3.8) is 0 Å². The zero-order valence-electron chi connectivity index (χ0n) is 10.4. The zero-order valence-corrected chi connectivity index (χ0v) is 11.2. The molecule has 18 heavy (non-hydrogen) atoms. The molecule has 2 N–H and O–H groups in total. The van der Waals surface area contributed by atoms with E-state index in [1.807, 2.05) is 18.2 Å². The molecule has 0 bridgehead atoms. The zero-order chi connectivity index (χ0) is 13.0. The molecular formula is C14H15N3S. The summed E-state index contributed by atoms with van der Waals surface area (Å²) in [6, 6.07) is 9.91. The van der Waals surface area contributed by atoms with E-state index in [0.717, 1.165) is 11.4 Å². The number of nitrogens with one attached hydrogen (secondary N) is 2. The lowest BCUT2D eigenvalue weighted by Gasteiger charge is -2.11. The van der Waals surface area contributed by atoms with Crippen LogP contribution in [0.4, 0.5) is 11.4 Å². The van der Waals surface area contributed by atoms with Gasteiger partial charge in [-0.05, 0) is 61.5 Å². The van der Waals surface area contributed by atoms with E-state index in [4.69, 9.17) is 12.2 Å². The molecule has 0 atom stereocenters. The number of benzene rings is 1. The number of hydrogen-bond acceptors (Lipinski definition) is 2. The molecule has 0 aliphatic heterocycles. The molecule has 0 fully saturated rings. The number of anilines is 2. The van der Waals surface area contributed by atoms with Crippen molar-refractivity contribution in [3.05, 3.63) is 53.9 Å². The second-order valence-electron chi connectivity index (χ2n) is 4.11. The van der Waals surface area contributed by atoms with Crippen molar-refractivity contribution in [2.75, 3.05) is 10.6 Å². The highest BCUT2D eigenvalue weighted by Gasteiger charge is 2.00. The fourth-order valence-electron chi connectivity index (χ4n) is 1.55. The summed E-state index contributed by atoms with van der Waals surface area (Å²) in [5, 5.41) is 6.84. The van der Waals surface area contributed by atoms with Crippen LogP contribution < -0.4 is 10.6 Å². The van der Waals surface area contributed by atoms with E-state index in [9.17, 15) is 0 Å². The summed E-state index contributed by atoms with van der Waals surface area (Å²) in [6.45, 7) is 4.17. The molecule has 0 radical (unpaired) electrons. The lowest BCUT2D eigenvalue weighted by atomic mass is 10.1. The van der Waals surface area contributed by atoms with Crippen LogP contribution in [-0.4, -0.2) is 10.1 Å². The number of aryl methyl sites for hydroxylation is 2. The Bertz CT molecular complexity index is 552. The largest absolute Gasteiger partial charge is 0.332 e. The first-order valence-corrected chi connectivity index (χ1v) is 6.11. The van der Waals surface area contributed by atoms with Gasteiger partial charge in [-0.3, -0.25) is 4.98 Å². The SMILES string of the molecule is Cc1ccc(NC(=S)Nc2ccncc2)cc1C. The summed E-state index contributed by atoms with van der Waals surface area (Å²) < 4.78 is 0. The highest BCUT2D eigenvalue weighted by Crippen LogP contribution is 2.14. The van der Waals surface area contributed by atoms with Crippen molar-refractivity contribution in [2.24, 2.45) is 0 Å². The van der Waals surface area contributed by atoms with Gasteiger partial charge in [-0.2, -0.15) is 0 Å². The first-order chi connectivity index (χ1) is 8.65. The van der Waals surface area contributed by atoms with Gasteiger partial charge in [0.25, 0.3) is 0 Å². The molecule has 2 rings (SSSR count). The van der Waals surface area contributed by atoms with Crippen LogP contribution in [-0.2, 0) is 0 Å². The monoisotopic (exact) mass is 257 g/mol. The van der Waals surface area contributed by atoms with Gasteiger partial charge in [-0.25, -0.2) is 0 Å². The third-order valence-corrected chi connectivity index (χ3v) is 2.91. The number of hydrogen-bond donors (Lipinski definition) is 2. The third kappa shape index (κ3) is 3.28. The number of pyridine rings is 1. The molecule has 3 nitrogen and oxygen atoms in total. The maximum absolute atomic E-state index is 5.25. The number of nitrogens with zero attached hydrogens (tertiary/aromatic N) is 1. The van der Waals surface area contributed by atoms with Crippen LogP contribution in [0.3, 0.4) is 0 Å². The minimum Gasteiger partial charge on any atom is -0.332 e. The fraction of sp³-hybridized carbons (Fsp3) is 0.143. The van der Waals surface area contributed by atoms with Crippen LogP contribution in [0, 0.1) is 13.8 Å². The van der Waals surface area contributed by atoms with Crippen molar-refractivity contribution >= 4 is 28.7 Å². The van der Waals surface area contributed by atoms with Crippen molar-refractivity contribution < 1.29 is 0 Å². The van der Waals surface area contributed by atoms with E-state index < -0.39 is 0 Å². The van der Waals surface area contributed by atoms with Gasteiger partial charge in [0.15, 0.2) is 5.11 Å². The molecule has 2 aromatic rings. The second-order valence-corrected chi connectivity index (χ2v) is 4.52. The smallest absolute Gasteiger partial charge is 0.175 e. The lowest BCUT2D eigenvalue weighted by molar-refractivity contribution is 1.33. The van der Waals surface area contributed by atoms with Gasteiger partial charge in [0.2, 0.25) is 0 Å².